The van der Waals surface area contributed by atoms with E-state index in [0.717, 1.165) is 11.3 Å². The maximum absolute atomic E-state index is 11.9. The Morgan fingerprint density at radius 2 is 1.90 bits per heavy atom. The SMILES string of the molecule is COCCOc1ccc(CNC(=O)C2(C(=O)O)CC2)cc1. The Hall–Kier alpha value is -2.08. The summed E-state index contributed by atoms with van der Waals surface area (Å²) in [5, 5.41) is 11.7. The summed E-state index contributed by atoms with van der Waals surface area (Å²) in [6.45, 7) is 1.31. The number of aliphatic carboxylic acids is 1. The summed E-state index contributed by atoms with van der Waals surface area (Å²) in [6.07, 6.45) is 0.834. The van der Waals surface area contributed by atoms with E-state index in [1.54, 1.807) is 19.2 Å². The van der Waals surface area contributed by atoms with Crippen molar-refractivity contribution < 1.29 is 24.2 Å². The van der Waals surface area contributed by atoms with E-state index in [1.807, 2.05) is 12.1 Å². The first-order chi connectivity index (χ1) is 10.1. The van der Waals surface area contributed by atoms with Crippen LogP contribution in [0.25, 0.3) is 0 Å². The van der Waals surface area contributed by atoms with Crippen LogP contribution in [0.15, 0.2) is 24.3 Å². The van der Waals surface area contributed by atoms with Crippen molar-refractivity contribution in [1.82, 2.24) is 5.32 Å². The number of carbonyl (C=O) groups is 2. The monoisotopic (exact) mass is 293 g/mol. The summed E-state index contributed by atoms with van der Waals surface area (Å²) in [7, 11) is 1.61. The summed E-state index contributed by atoms with van der Waals surface area (Å²) in [6, 6.07) is 7.29. The highest BCUT2D eigenvalue weighted by molar-refractivity contribution is 6.04. The molecule has 1 saturated carbocycles. The molecule has 0 aliphatic heterocycles. The van der Waals surface area contributed by atoms with Gasteiger partial charge in [-0.2, -0.15) is 0 Å². The molecule has 1 amide bonds. The average Bonchev–Trinajstić information content (AvgIpc) is 3.28. The molecule has 114 valence electrons. The van der Waals surface area contributed by atoms with Crippen LogP contribution in [-0.4, -0.2) is 37.3 Å². The highest BCUT2D eigenvalue weighted by Crippen LogP contribution is 2.46. The minimum atomic E-state index is -1.19. The van der Waals surface area contributed by atoms with Crippen LogP contribution >= 0.6 is 0 Å². The second-order valence-electron chi connectivity index (χ2n) is 5.06. The average molecular weight is 293 g/mol. The number of hydrogen-bond acceptors (Lipinski definition) is 4. The molecular weight excluding hydrogens is 274 g/mol. The number of nitrogens with one attached hydrogen (secondary N) is 1. The van der Waals surface area contributed by atoms with Crippen LogP contribution in [-0.2, 0) is 20.9 Å². The molecule has 2 rings (SSSR count). The van der Waals surface area contributed by atoms with Gasteiger partial charge in [-0.05, 0) is 30.5 Å². The lowest BCUT2D eigenvalue weighted by Crippen LogP contribution is -2.36. The van der Waals surface area contributed by atoms with Gasteiger partial charge in [-0.1, -0.05) is 12.1 Å². The van der Waals surface area contributed by atoms with Crippen LogP contribution in [0, 0.1) is 5.41 Å². The zero-order valence-corrected chi connectivity index (χ0v) is 11.9. The summed E-state index contributed by atoms with van der Waals surface area (Å²) in [5.41, 5.74) is -0.299. The van der Waals surface area contributed by atoms with E-state index < -0.39 is 17.3 Å². The molecule has 0 bridgehead atoms. The van der Waals surface area contributed by atoms with Crippen molar-refractivity contribution in [2.45, 2.75) is 19.4 Å². The third-order valence-electron chi connectivity index (χ3n) is 3.53. The minimum absolute atomic E-state index is 0.312. The van der Waals surface area contributed by atoms with Crippen molar-refractivity contribution >= 4 is 11.9 Å². The van der Waals surface area contributed by atoms with E-state index in [4.69, 9.17) is 14.6 Å². The number of ether oxygens (including phenoxy) is 2. The molecule has 21 heavy (non-hydrogen) atoms. The quantitative estimate of drug-likeness (QED) is 0.555. The molecule has 2 N–H and O–H groups in total. The fourth-order valence-electron chi connectivity index (χ4n) is 1.96. The number of carboxylic acid groups (broad SMARTS) is 1. The van der Waals surface area contributed by atoms with Crippen molar-refractivity contribution in [3.63, 3.8) is 0 Å². The molecule has 0 heterocycles. The van der Waals surface area contributed by atoms with Gasteiger partial charge in [0.1, 0.15) is 17.8 Å². The standard InChI is InChI=1S/C15H19NO5/c1-20-8-9-21-12-4-2-11(3-5-12)10-16-13(17)15(6-7-15)14(18)19/h2-5H,6-10H2,1H3,(H,16,17)(H,18,19). The maximum atomic E-state index is 11.9. The van der Waals surface area contributed by atoms with Gasteiger partial charge in [-0.25, -0.2) is 0 Å². The predicted molar refractivity (Wildman–Crippen MR) is 75.0 cm³/mol. The Morgan fingerprint density at radius 3 is 2.43 bits per heavy atom. The second-order valence-corrected chi connectivity index (χ2v) is 5.06. The maximum Gasteiger partial charge on any atom is 0.319 e. The second kappa shape index (κ2) is 6.58. The number of rotatable bonds is 8. The Bertz CT molecular complexity index is 507. The minimum Gasteiger partial charge on any atom is -0.491 e. The smallest absolute Gasteiger partial charge is 0.319 e. The van der Waals surface area contributed by atoms with Crippen LogP contribution in [0.1, 0.15) is 18.4 Å². The first kappa shape index (κ1) is 15.3. The molecule has 1 aliphatic rings. The Morgan fingerprint density at radius 1 is 1.24 bits per heavy atom. The molecule has 0 unspecified atom stereocenters. The molecule has 1 aromatic carbocycles. The summed E-state index contributed by atoms with van der Waals surface area (Å²) < 4.78 is 10.3. The van der Waals surface area contributed by atoms with Crippen LogP contribution in [0.3, 0.4) is 0 Å². The predicted octanol–water partition coefficient (Wildman–Crippen LogP) is 1.19. The van der Waals surface area contributed by atoms with Crippen molar-refractivity contribution in [3.8, 4) is 5.75 Å². The Kier molecular flexibility index (Phi) is 4.80. The number of carboxylic acids is 1. The van der Waals surface area contributed by atoms with Gasteiger partial charge in [0.2, 0.25) is 5.91 Å². The van der Waals surface area contributed by atoms with Gasteiger partial charge >= 0.3 is 5.97 Å². The van der Waals surface area contributed by atoms with Gasteiger partial charge < -0.3 is 19.9 Å². The van der Waals surface area contributed by atoms with Gasteiger partial charge in [0.25, 0.3) is 0 Å². The molecule has 0 aromatic heterocycles. The Labute approximate surface area is 123 Å². The molecule has 1 fully saturated rings. The first-order valence-electron chi connectivity index (χ1n) is 6.81. The van der Waals surface area contributed by atoms with Gasteiger partial charge in [-0.15, -0.1) is 0 Å². The zero-order chi connectivity index (χ0) is 15.3. The third-order valence-corrected chi connectivity index (χ3v) is 3.53. The van der Waals surface area contributed by atoms with Gasteiger partial charge in [0.05, 0.1) is 6.61 Å². The van der Waals surface area contributed by atoms with Crippen molar-refractivity contribution in [3.05, 3.63) is 29.8 Å². The van der Waals surface area contributed by atoms with Gasteiger partial charge in [-0.3, -0.25) is 9.59 Å². The number of carbonyl (C=O) groups excluding carboxylic acids is 1. The van der Waals surface area contributed by atoms with E-state index in [1.165, 1.54) is 0 Å². The molecule has 6 heteroatoms. The highest BCUT2D eigenvalue weighted by Gasteiger charge is 2.56. The molecular formula is C15H19NO5. The van der Waals surface area contributed by atoms with Crippen LogP contribution in [0.4, 0.5) is 0 Å². The Balaban J connectivity index is 1.81. The molecule has 1 aromatic rings. The van der Waals surface area contributed by atoms with Crippen molar-refractivity contribution in [2.75, 3.05) is 20.3 Å². The lowest BCUT2D eigenvalue weighted by atomic mass is 10.1. The van der Waals surface area contributed by atoms with E-state index >= 15 is 0 Å². The van der Waals surface area contributed by atoms with E-state index in [0.29, 0.717) is 32.6 Å². The van der Waals surface area contributed by atoms with E-state index in [-0.39, 0.29) is 0 Å². The summed E-state index contributed by atoms with van der Waals surface area (Å²) in [5.74, 6) is -0.719. The van der Waals surface area contributed by atoms with E-state index in [9.17, 15) is 9.59 Å². The number of benzene rings is 1. The van der Waals surface area contributed by atoms with Crippen LogP contribution in [0.5, 0.6) is 5.75 Å². The van der Waals surface area contributed by atoms with Crippen molar-refractivity contribution in [2.24, 2.45) is 5.41 Å². The van der Waals surface area contributed by atoms with Crippen LogP contribution in [0.2, 0.25) is 0 Å². The fourth-order valence-corrected chi connectivity index (χ4v) is 1.96. The van der Waals surface area contributed by atoms with Crippen LogP contribution < -0.4 is 10.1 Å². The first-order valence-corrected chi connectivity index (χ1v) is 6.81. The lowest BCUT2D eigenvalue weighted by molar-refractivity contribution is -0.149. The number of hydrogen-bond donors (Lipinski definition) is 2. The zero-order valence-electron chi connectivity index (χ0n) is 11.9. The topological polar surface area (TPSA) is 84.9 Å². The highest BCUT2D eigenvalue weighted by atomic mass is 16.5. The summed E-state index contributed by atoms with van der Waals surface area (Å²) >= 11 is 0. The van der Waals surface area contributed by atoms with Crippen molar-refractivity contribution in [1.29, 1.82) is 0 Å². The summed E-state index contributed by atoms with van der Waals surface area (Å²) in [4.78, 5) is 22.9. The van der Waals surface area contributed by atoms with Gasteiger partial charge in [0, 0.05) is 13.7 Å². The third kappa shape index (κ3) is 3.72. The number of methoxy groups -OCH3 is 1. The fraction of sp³-hybridized carbons (Fsp3) is 0.467. The van der Waals surface area contributed by atoms with E-state index in [2.05, 4.69) is 5.32 Å². The van der Waals surface area contributed by atoms with Gasteiger partial charge in [0.15, 0.2) is 0 Å². The molecule has 1 aliphatic carbocycles. The molecule has 0 spiro atoms. The molecule has 6 nitrogen and oxygen atoms in total. The molecule has 0 atom stereocenters. The molecule has 0 saturated heterocycles. The molecule has 0 radical (unpaired) electrons. The largest absolute Gasteiger partial charge is 0.491 e. The number of amides is 1. The lowest BCUT2D eigenvalue weighted by Gasteiger charge is -2.11. The normalized spacial score (nSPS) is 15.3.